The minimum Gasteiger partial charge on any atom is -0.395 e. The van der Waals surface area contributed by atoms with Crippen molar-refractivity contribution in [1.82, 2.24) is 0 Å². The molecule has 0 aromatic carbocycles. The molecular weight excluding hydrogens is 300 g/mol. The van der Waals surface area contributed by atoms with Crippen LogP contribution in [0.2, 0.25) is 30.7 Å². The molecule has 0 rings (SSSR count). The van der Waals surface area contributed by atoms with Gasteiger partial charge in [0.15, 0.2) is 0 Å². The second-order valence-corrected chi connectivity index (χ2v) is 17.7. The predicted octanol–water partition coefficient (Wildman–Crippen LogP) is 5.51. The Morgan fingerprint density at radius 2 is 1.35 bits per heavy atom. The summed E-state index contributed by atoms with van der Waals surface area (Å²) in [6, 6.07) is 5.35. The molecule has 0 aliphatic heterocycles. The molecule has 20 heavy (non-hydrogen) atoms. The van der Waals surface area contributed by atoms with E-state index in [1.807, 2.05) is 0 Å². The van der Waals surface area contributed by atoms with Gasteiger partial charge in [0.2, 0.25) is 0 Å². The van der Waals surface area contributed by atoms with Crippen LogP contribution in [0.3, 0.4) is 0 Å². The molecule has 0 aromatic rings. The number of hydrogen-bond acceptors (Lipinski definition) is 3. The Morgan fingerprint density at radius 1 is 0.900 bits per heavy atom. The van der Waals surface area contributed by atoms with Crippen LogP contribution in [0.4, 0.5) is 0 Å². The van der Waals surface area contributed by atoms with Crippen LogP contribution < -0.4 is 0 Å². The van der Waals surface area contributed by atoms with Crippen LogP contribution in [0, 0.1) is 5.92 Å². The van der Waals surface area contributed by atoms with Gasteiger partial charge in [0.1, 0.15) is 7.22 Å². The van der Waals surface area contributed by atoms with Crippen molar-refractivity contribution in [3.63, 3.8) is 0 Å². The molecule has 0 aliphatic rings. The zero-order valence-corrected chi connectivity index (χ0v) is 17.6. The second-order valence-electron chi connectivity index (χ2n) is 5.86. The first-order valence-corrected chi connectivity index (χ1v) is 15.2. The van der Waals surface area contributed by atoms with Gasteiger partial charge in [0, 0.05) is 13.2 Å². The van der Waals surface area contributed by atoms with E-state index in [9.17, 15) is 0 Å². The Hall–Kier alpha value is 0.704. The topological polar surface area (TPSA) is 18.5 Å². The molecule has 122 valence electrons. The smallest absolute Gasteiger partial charge is 0.335 e. The van der Waals surface area contributed by atoms with Crippen molar-refractivity contribution in [1.29, 1.82) is 0 Å². The van der Waals surface area contributed by atoms with E-state index in [0.29, 0.717) is 5.92 Å². The molecule has 0 amide bonds. The van der Waals surface area contributed by atoms with Crippen LogP contribution in [-0.4, -0.2) is 34.8 Å². The highest BCUT2D eigenvalue weighted by atomic mass is 32.4. The summed E-state index contributed by atoms with van der Waals surface area (Å²) in [4.78, 5) is 0. The summed E-state index contributed by atoms with van der Waals surface area (Å²) >= 11 is 2.30. The monoisotopic (exact) mass is 336 g/mol. The third kappa shape index (κ3) is 7.12. The molecule has 0 heterocycles. The quantitative estimate of drug-likeness (QED) is 0.438. The Labute approximate surface area is 133 Å². The molecule has 0 aliphatic carbocycles. The Morgan fingerprint density at radius 3 is 1.70 bits per heavy atom. The van der Waals surface area contributed by atoms with Crippen LogP contribution >= 0.6 is 11.2 Å². The fraction of sp³-hybridized carbons (Fsp3) is 1.00. The van der Waals surface area contributed by atoms with E-state index < -0.39 is 15.8 Å². The minimum absolute atomic E-state index is 0.700. The zero-order valence-electron chi connectivity index (χ0n) is 14.8. The summed E-state index contributed by atoms with van der Waals surface area (Å²) in [5.74, 6) is 1.98. The maximum Gasteiger partial charge on any atom is 0.335 e. The molecule has 0 saturated heterocycles. The van der Waals surface area contributed by atoms with Crippen LogP contribution in [0.15, 0.2) is 0 Å². The lowest BCUT2D eigenvalue weighted by molar-refractivity contribution is 0.185. The van der Waals surface area contributed by atoms with Crippen LogP contribution in [0.5, 0.6) is 0 Å². The molecule has 5 heteroatoms. The first-order chi connectivity index (χ1) is 9.40. The van der Waals surface area contributed by atoms with Gasteiger partial charge in [0.25, 0.3) is 0 Å². The maximum absolute atomic E-state index is 5.97. The minimum atomic E-state index is -1.94. The lowest BCUT2D eigenvalue weighted by Gasteiger charge is -2.32. The number of rotatable bonds is 12. The van der Waals surface area contributed by atoms with Crippen molar-refractivity contribution in [2.75, 3.05) is 19.0 Å². The first-order valence-electron chi connectivity index (χ1n) is 8.32. The van der Waals surface area contributed by atoms with Gasteiger partial charge in [0.05, 0.1) is 0 Å². The summed E-state index contributed by atoms with van der Waals surface area (Å²) < 4.78 is 11.9. The van der Waals surface area contributed by atoms with Crippen LogP contribution in [0.25, 0.3) is 0 Å². The van der Waals surface area contributed by atoms with Crippen LogP contribution in [-0.2, 0) is 8.85 Å². The first kappa shape index (κ1) is 20.7. The molecule has 0 bridgehead atoms. The van der Waals surface area contributed by atoms with E-state index in [2.05, 4.69) is 59.3 Å². The van der Waals surface area contributed by atoms with Crippen molar-refractivity contribution in [3.8, 4) is 0 Å². The van der Waals surface area contributed by atoms with Gasteiger partial charge in [-0.25, -0.2) is 0 Å². The van der Waals surface area contributed by atoms with Crippen LogP contribution in [0.1, 0.15) is 41.5 Å². The largest absolute Gasteiger partial charge is 0.395 e. The molecule has 0 N–H and O–H groups in total. The normalized spacial score (nSPS) is 14.6. The van der Waals surface area contributed by atoms with Gasteiger partial charge in [-0.2, -0.15) is 11.2 Å². The summed E-state index contributed by atoms with van der Waals surface area (Å²) in [5, 5.41) is 0. The summed E-state index contributed by atoms with van der Waals surface area (Å²) in [5.41, 5.74) is 0. The molecule has 0 saturated carbocycles. The van der Waals surface area contributed by atoms with E-state index in [0.717, 1.165) is 19.3 Å². The molecule has 0 radical (unpaired) electrons. The molecule has 1 atom stereocenters. The highest BCUT2D eigenvalue weighted by Gasteiger charge is 2.34. The number of hydrogen-bond donors (Lipinski definition) is 0. The second kappa shape index (κ2) is 10.4. The molecule has 2 nitrogen and oxygen atoms in total. The predicted molar refractivity (Wildman–Crippen MR) is 98.5 cm³/mol. The molecule has 0 aromatic heterocycles. The average molecular weight is 337 g/mol. The lowest BCUT2D eigenvalue weighted by atomic mass is 10.3. The highest BCUT2D eigenvalue weighted by Crippen LogP contribution is 2.35. The lowest BCUT2D eigenvalue weighted by Crippen LogP contribution is -2.41. The molecule has 1 unspecified atom stereocenters. The SMILES string of the molecule is CCO[Si](C)(CC(C)CS[Si](CC)(CC)CC)OCC. The van der Waals surface area contributed by atoms with Gasteiger partial charge in [-0.3, -0.25) is 0 Å². The Bertz CT molecular complexity index is 234. The van der Waals surface area contributed by atoms with Crippen molar-refractivity contribution >= 4 is 27.0 Å². The molecule has 0 spiro atoms. The maximum atomic E-state index is 5.97. The van der Waals surface area contributed by atoms with E-state index in [1.54, 1.807) is 0 Å². The van der Waals surface area contributed by atoms with Gasteiger partial charge < -0.3 is 8.85 Å². The Balaban J connectivity index is 4.42. The Kier molecular flexibility index (Phi) is 10.8. The van der Waals surface area contributed by atoms with Crippen molar-refractivity contribution in [2.24, 2.45) is 5.92 Å². The molecular formula is C15H36O2SSi2. The third-order valence-corrected chi connectivity index (χ3v) is 17.6. The van der Waals surface area contributed by atoms with Crippen molar-refractivity contribution < 1.29 is 8.85 Å². The van der Waals surface area contributed by atoms with E-state index in [-0.39, 0.29) is 0 Å². The summed E-state index contributed by atoms with van der Waals surface area (Å²) in [6.45, 7) is 17.5. The summed E-state index contributed by atoms with van der Waals surface area (Å²) in [6.07, 6.45) is 0. The average Bonchev–Trinajstić information content (AvgIpc) is 2.41. The van der Waals surface area contributed by atoms with E-state index >= 15 is 0 Å². The summed E-state index contributed by atoms with van der Waals surface area (Å²) in [7, 11) is -2.98. The third-order valence-electron chi connectivity index (χ3n) is 4.23. The van der Waals surface area contributed by atoms with Crippen molar-refractivity contribution in [3.05, 3.63) is 0 Å². The van der Waals surface area contributed by atoms with Gasteiger partial charge in [-0.15, -0.1) is 0 Å². The van der Waals surface area contributed by atoms with E-state index in [4.69, 9.17) is 8.85 Å². The molecule has 0 fully saturated rings. The zero-order chi connectivity index (χ0) is 15.6. The highest BCUT2D eigenvalue weighted by molar-refractivity contribution is 8.28. The fourth-order valence-corrected chi connectivity index (χ4v) is 12.6. The van der Waals surface area contributed by atoms with Gasteiger partial charge in [-0.1, -0.05) is 45.8 Å². The van der Waals surface area contributed by atoms with E-state index in [1.165, 1.54) is 23.9 Å². The fourth-order valence-electron chi connectivity index (χ4n) is 2.84. The van der Waals surface area contributed by atoms with Gasteiger partial charge in [-0.05, 0) is 38.1 Å². The van der Waals surface area contributed by atoms with Crippen molar-refractivity contribution in [2.45, 2.75) is 72.3 Å². The standard InChI is InChI=1S/C15H36O2SSi2/c1-8-16-19(7,17-9-2)14-15(6)13-18-20(10-3,11-4)12-5/h15H,8-14H2,1-7H3. The van der Waals surface area contributed by atoms with Gasteiger partial charge >= 0.3 is 8.56 Å².